The summed E-state index contributed by atoms with van der Waals surface area (Å²) < 4.78 is 27.7. The molecule has 4 rings (SSSR count). The van der Waals surface area contributed by atoms with Crippen LogP contribution in [0.1, 0.15) is 19.3 Å². The van der Waals surface area contributed by atoms with Gasteiger partial charge >= 0.3 is 5.97 Å². The van der Waals surface area contributed by atoms with E-state index >= 15 is 0 Å². The number of hydrogen-bond donors (Lipinski definition) is 3. The quantitative estimate of drug-likeness (QED) is 0.561. The number of halogens is 2. The lowest BCUT2D eigenvalue weighted by Crippen LogP contribution is -2.37. The average molecular weight is 483 g/mol. The first-order valence-electron chi connectivity index (χ1n) is 9.77. The Morgan fingerprint density at radius 1 is 0.903 bits per heavy atom. The van der Waals surface area contributed by atoms with Gasteiger partial charge in [0.2, 0.25) is 5.91 Å². The lowest BCUT2D eigenvalue weighted by atomic mass is 9.78. The standard InChI is InChI=1S/C21H20Cl2N2O5S/c22-13-8-14(23)10-16(9-13)25-31(29,30)17-5-3-15(4-6-17)24-20(26)18-11-1-2-12(7-11)19(18)21(27)28/h3-6,8-12,18-19,25H,1-2,7H2,(H,24,26)(H,27,28)/t11-,12-,18-,19-/m0/s1. The van der Waals surface area contributed by atoms with E-state index in [2.05, 4.69) is 10.0 Å². The number of aliphatic carboxylic acids is 1. The molecule has 0 aliphatic heterocycles. The number of anilines is 2. The Morgan fingerprint density at radius 3 is 2.06 bits per heavy atom. The molecule has 4 atom stereocenters. The van der Waals surface area contributed by atoms with Crippen LogP contribution in [0.3, 0.4) is 0 Å². The number of carbonyl (C=O) groups is 2. The molecule has 2 aromatic rings. The zero-order chi connectivity index (χ0) is 22.3. The molecule has 0 heterocycles. The normalized spacial score (nSPS) is 24.7. The van der Waals surface area contributed by atoms with Crippen LogP contribution in [-0.2, 0) is 19.6 Å². The molecule has 3 N–H and O–H groups in total. The number of carboxylic acids is 1. The smallest absolute Gasteiger partial charge is 0.307 e. The summed E-state index contributed by atoms with van der Waals surface area (Å²) in [4.78, 5) is 24.4. The van der Waals surface area contributed by atoms with Crippen molar-refractivity contribution in [3.05, 3.63) is 52.5 Å². The van der Waals surface area contributed by atoms with Gasteiger partial charge in [0, 0.05) is 15.7 Å². The fraction of sp³-hybridized carbons (Fsp3) is 0.333. The molecular formula is C21H20Cl2N2O5S. The third kappa shape index (κ3) is 4.51. The van der Waals surface area contributed by atoms with Crippen LogP contribution in [0.5, 0.6) is 0 Å². The number of benzene rings is 2. The minimum Gasteiger partial charge on any atom is -0.481 e. The molecule has 0 radical (unpaired) electrons. The van der Waals surface area contributed by atoms with Crippen molar-refractivity contribution >= 4 is 56.5 Å². The second-order valence-corrected chi connectivity index (χ2v) is 10.6. The molecule has 2 aromatic carbocycles. The van der Waals surface area contributed by atoms with E-state index in [9.17, 15) is 23.1 Å². The summed E-state index contributed by atoms with van der Waals surface area (Å²) in [6.07, 6.45) is 2.48. The largest absolute Gasteiger partial charge is 0.481 e. The first-order valence-corrected chi connectivity index (χ1v) is 12.0. The molecule has 2 saturated carbocycles. The summed E-state index contributed by atoms with van der Waals surface area (Å²) in [5, 5.41) is 12.9. The van der Waals surface area contributed by atoms with Gasteiger partial charge < -0.3 is 10.4 Å². The number of nitrogens with one attached hydrogen (secondary N) is 2. The van der Waals surface area contributed by atoms with E-state index < -0.39 is 27.8 Å². The maximum absolute atomic E-state index is 12.8. The van der Waals surface area contributed by atoms with E-state index in [-0.39, 0.29) is 28.3 Å². The summed E-state index contributed by atoms with van der Waals surface area (Å²) >= 11 is 11.8. The Balaban J connectivity index is 1.46. The van der Waals surface area contributed by atoms with Crippen LogP contribution in [0.2, 0.25) is 10.0 Å². The highest BCUT2D eigenvalue weighted by atomic mass is 35.5. The molecule has 2 aliphatic carbocycles. The third-order valence-electron chi connectivity index (χ3n) is 6.05. The number of amides is 1. The number of sulfonamides is 1. The maximum atomic E-state index is 12.8. The number of carbonyl (C=O) groups excluding carboxylic acids is 1. The summed E-state index contributed by atoms with van der Waals surface area (Å²) in [6.45, 7) is 0. The Labute approximate surface area is 189 Å². The summed E-state index contributed by atoms with van der Waals surface area (Å²) in [6, 6.07) is 10.0. The van der Waals surface area contributed by atoms with Crippen molar-refractivity contribution in [3.8, 4) is 0 Å². The van der Waals surface area contributed by atoms with E-state index in [0.29, 0.717) is 15.7 Å². The molecule has 0 aromatic heterocycles. The van der Waals surface area contributed by atoms with Crippen LogP contribution in [0.15, 0.2) is 47.4 Å². The van der Waals surface area contributed by atoms with Crippen molar-refractivity contribution in [1.29, 1.82) is 0 Å². The van der Waals surface area contributed by atoms with Crippen LogP contribution in [-0.4, -0.2) is 25.4 Å². The summed E-state index contributed by atoms with van der Waals surface area (Å²) in [7, 11) is -3.89. The maximum Gasteiger partial charge on any atom is 0.307 e. The Morgan fingerprint density at radius 2 is 1.48 bits per heavy atom. The van der Waals surface area contributed by atoms with Gasteiger partial charge in [-0.2, -0.15) is 0 Å². The van der Waals surface area contributed by atoms with Crippen LogP contribution in [0.25, 0.3) is 0 Å². The van der Waals surface area contributed by atoms with Crippen molar-refractivity contribution in [3.63, 3.8) is 0 Å². The molecule has 1 amide bonds. The van der Waals surface area contributed by atoms with Gasteiger partial charge in [0.25, 0.3) is 10.0 Å². The second kappa shape index (κ2) is 8.33. The summed E-state index contributed by atoms with van der Waals surface area (Å²) in [5.74, 6) is -2.35. The molecule has 2 fully saturated rings. The Hall–Kier alpha value is -2.29. The Bertz CT molecular complexity index is 1120. The van der Waals surface area contributed by atoms with E-state index in [1.807, 2.05) is 0 Å². The molecule has 31 heavy (non-hydrogen) atoms. The van der Waals surface area contributed by atoms with Crippen LogP contribution in [0, 0.1) is 23.7 Å². The monoisotopic (exact) mass is 482 g/mol. The molecular weight excluding hydrogens is 463 g/mol. The van der Waals surface area contributed by atoms with Crippen molar-refractivity contribution in [2.75, 3.05) is 10.0 Å². The Kier molecular flexibility index (Phi) is 5.89. The number of hydrogen-bond acceptors (Lipinski definition) is 4. The highest BCUT2D eigenvalue weighted by molar-refractivity contribution is 7.92. The molecule has 164 valence electrons. The van der Waals surface area contributed by atoms with Crippen LogP contribution in [0.4, 0.5) is 11.4 Å². The van der Waals surface area contributed by atoms with Gasteiger partial charge in [-0.25, -0.2) is 8.42 Å². The second-order valence-electron chi connectivity index (χ2n) is 8.00. The predicted molar refractivity (Wildman–Crippen MR) is 118 cm³/mol. The molecule has 2 bridgehead atoms. The number of rotatable bonds is 6. The van der Waals surface area contributed by atoms with Crippen LogP contribution >= 0.6 is 23.2 Å². The molecule has 2 aliphatic rings. The molecule has 7 nitrogen and oxygen atoms in total. The lowest BCUT2D eigenvalue weighted by molar-refractivity contribution is -0.148. The van der Waals surface area contributed by atoms with Crippen molar-refractivity contribution < 1.29 is 23.1 Å². The number of fused-ring (bicyclic) bond motifs is 2. The SMILES string of the molecule is O=C(O)[C@H]1[C@H]2CC[C@@H](C2)[C@@H]1C(=O)Nc1ccc(S(=O)(=O)Nc2cc(Cl)cc(Cl)c2)cc1. The van der Waals surface area contributed by atoms with Gasteiger partial charge in [0.1, 0.15) is 0 Å². The van der Waals surface area contributed by atoms with E-state index in [4.69, 9.17) is 23.2 Å². The predicted octanol–water partition coefficient (Wildman–Crippen LogP) is 4.48. The first kappa shape index (κ1) is 21.9. The molecule has 10 heteroatoms. The van der Waals surface area contributed by atoms with Gasteiger partial charge in [-0.3, -0.25) is 14.3 Å². The van der Waals surface area contributed by atoms with E-state index in [1.165, 1.54) is 42.5 Å². The van der Waals surface area contributed by atoms with Gasteiger partial charge in [0.05, 0.1) is 22.4 Å². The third-order valence-corrected chi connectivity index (χ3v) is 7.88. The summed E-state index contributed by atoms with van der Waals surface area (Å²) in [5.41, 5.74) is 0.632. The van der Waals surface area contributed by atoms with Crippen LogP contribution < -0.4 is 10.0 Å². The zero-order valence-corrected chi connectivity index (χ0v) is 18.5. The lowest BCUT2D eigenvalue weighted by Gasteiger charge is -2.27. The minimum absolute atomic E-state index is 0.00932. The highest BCUT2D eigenvalue weighted by Crippen LogP contribution is 2.52. The van der Waals surface area contributed by atoms with Crippen molar-refractivity contribution in [1.82, 2.24) is 0 Å². The molecule has 0 saturated heterocycles. The minimum atomic E-state index is -3.89. The highest BCUT2D eigenvalue weighted by Gasteiger charge is 2.53. The van der Waals surface area contributed by atoms with E-state index in [1.54, 1.807) is 0 Å². The molecule has 0 spiro atoms. The fourth-order valence-electron chi connectivity index (χ4n) is 4.79. The van der Waals surface area contributed by atoms with Gasteiger partial charge in [0.15, 0.2) is 0 Å². The number of carboxylic acid groups (broad SMARTS) is 1. The van der Waals surface area contributed by atoms with Gasteiger partial charge in [-0.15, -0.1) is 0 Å². The zero-order valence-electron chi connectivity index (χ0n) is 16.2. The van der Waals surface area contributed by atoms with Gasteiger partial charge in [-0.05, 0) is 73.6 Å². The van der Waals surface area contributed by atoms with Crippen molar-refractivity contribution in [2.24, 2.45) is 23.7 Å². The topological polar surface area (TPSA) is 113 Å². The van der Waals surface area contributed by atoms with Gasteiger partial charge in [-0.1, -0.05) is 23.2 Å². The average Bonchev–Trinajstić information content (AvgIpc) is 3.28. The van der Waals surface area contributed by atoms with E-state index in [0.717, 1.165) is 19.3 Å². The molecule has 0 unspecified atom stereocenters. The van der Waals surface area contributed by atoms with Crippen molar-refractivity contribution in [2.45, 2.75) is 24.2 Å². The first-order chi connectivity index (χ1) is 14.6. The fourth-order valence-corrected chi connectivity index (χ4v) is 6.36.